The van der Waals surface area contributed by atoms with Gasteiger partial charge in [0.1, 0.15) is 0 Å². The molecule has 0 bridgehead atoms. The molecule has 0 radical (unpaired) electrons. The van der Waals surface area contributed by atoms with Crippen LogP contribution in [0.1, 0.15) is 29.7 Å². The van der Waals surface area contributed by atoms with E-state index in [0.29, 0.717) is 0 Å². The Kier molecular flexibility index (Phi) is 2.84. The summed E-state index contributed by atoms with van der Waals surface area (Å²) in [4.78, 5) is 3.35. The van der Waals surface area contributed by atoms with Crippen molar-refractivity contribution in [3.63, 3.8) is 0 Å². The third-order valence-corrected chi connectivity index (χ3v) is 4.79. The smallest absolute Gasteiger partial charge is 0.0834 e. The molecule has 21 heavy (non-hydrogen) atoms. The van der Waals surface area contributed by atoms with E-state index in [9.17, 15) is 5.11 Å². The fraction of sp³-hybridized carbons (Fsp3) is 0.222. The monoisotopic (exact) mass is 297 g/mol. The number of H-pyrrole nitrogens is 1. The second-order valence-corrected chi connectivity index (χ2v) is 6.21. The summed E-state index contributed by atoms with van der Waals surface area (Å²) < 4.78 is 0. The van der Waals surface area contributed by atoms with Gasteiger partial charge in [0, 0.05) is 27.0 Å². The van der Waals surface area contributed by atoms with Crippen LogP contribution in [0.15, 0.2) is 48.5 Å². The normalized spacial score (nSPS) is 16.3. The Bertz CT molecular complexity index is 803. The quantitative estimate of drug-likeness (QED) is 0.739. The van der Waals surface area contributed by atoms with E-state index in [2.05, 4.69) is 29.2 Å². The van der Waals surface area contributed by atoms with E-state index in [-0.39, 0.29) is 12.0 Å². The van der Waals surface area contributed by atoms with Crippen molar-refractivity contribution >= 4 is 22.5 Å². The van der Waals surface area contributed by atoms with Crippen molar-refractivity contribution in [1.82, 2.24) is 4.98 Å². The van der Waals surface area contributed by atoms with Gasteiger partial charge in [-0.1, -0.05) is 41.9 Å². The van der Waals surface area contributed by atoms with E-state index in [0.717, 1.165) is 34.5 Å². The molecule has 0 spiro atoms. The second kappa shape index (κ2) is 4.62. The lowest BCUT2D eigenvalue weighted by Gasteiger charge is -2.17. The maximum atomic E-state index is 9.76. The molecule has 0 atom stereocenters. The average Bonchev–Trinajstić information content (AvgIpc) is 3.23. The third kappa shape index (κ3) is 1.90. The number of rotatable bonds is 3. The van der Waals surface area contributed by atoms with E-state index in [1.807, 2.05) is 24.3 Å². The van der Waals surface area contributed by atoms with Gasteiger partial charge in [-0.3, -0.25) is 0 Å². The molecule has 1 aliphatic carbocycles. The molecule has 2 N–H and O–H groups in total. The number of nitrogens with one attached hydrogen (secondary N) is 1. The van der Waals surface area contributed by atoms with Crippen LogP contribution in [-0.2, 0) is 12.0 Å². The van der Waals surface area contributed by atoms with Gasteiger partial charge in [0.15, 0.2) is 0 Å². The Labute approximate surface area is 128 Å². The Morgan fingerprint density at radius 2 is 1.86 bits per heavy atom. The zero-order chi connectivity index (χ0) is 14.4. The Hall–Kier alpha value is -1.77. The van der Waals surface area contributed by atoms with Crippen molar-refractivity contribution in [2.45, 2.75) is 24.9 Å². The molecule has 1 aliphatic rings. The van der Waals surface area contributed by atoms with Crippen molar-refractivity contribution in [3.8, 4) is 0 Å². The summed E-state index contributed by atoms with van der Waals surface area (Å²) in [5.74, 6) is 0. The minimum absolute atomic E-state index is 0.0240. The third-order valence-electron chi connectivity index (χ3n) is 4.55. The Morgan fingerprint density at radius 3 is 2.52 bits per heavy atom. The van der Waals surface area contributed by atoms with Gasteiger partial charge in [0.05, 0.1) is 6.61 Å². The predicted molar refractivity (Wildman–Crippen MR) is 85.7 cm³/mol. The lowest BCUT2D eigenvalue weighted by atomic mass is 9.86. The second-order valence-electron chi connectivity index (χ2n) is 5.77. The van der Waals surface area contributed by atoms with Crippen molar-refractivity contribution in [1.29, 1.82) is 0 Å². The molecule has 3 heteroatoms. The zero-order valence-corrected chi connectivity index (χ0v) is 12.3. The molecule has 1 saturated carbocycles. The number of aliphatic hydroxyl groups excluding tert-OH is 1. The van der Waals surface area contributed by atoms with E-state index in [4.69, 9.17) is 11.6 Å². The lowest BCUT2D eigenvalue weighted by molar-refractivity contribution is 0.276. The molecule has 0 aliphatic heterocycles. The maximum Gasteiger partial charge on any atom is 0.0834 e. The van der Waals surface area contributed by atoms with Crippen LogP contribution in [0.4, 0.5) is 0 Å². The number of aliphatic hydroxyl groups is 1. The highest BCUT2D eigenvalue weighted by molar-refractivity contribution is 6.31. The molecule has 106 valence electrons. The fourth-order valence-electron chi connectivity index (χ4n) is 3.45. The van der Waals surface area contributed by atoms with Crippen LogP contribution in [0.25, 0.3) is 10.9 Å². The van der Waals surface area contributed by atoms with E-state index in [1.54, 1.807) is 0 Å². The molecule has 1 aromatic heterocycles. The van der Waals surface area contributed by atoms with Crippen LogP contribution in [-0.4, -0.2) is 10.1 Å². The van der Waals surface area contributed by atoms with Crippen LogP contribution in [0, 0.1) is 0 Å². The first-order chi connectivity index (χ1) is 10.2. The summed E-state index contributed by atoms with van der Waals surface area (Å²) >= 11 is 6.18. The molecule has 2 aromatic carbocycles. The first-order valence-corrected chi connectivity index (χ1v) is 7.59. The zero-order valence-electron chi connectivity index (χ0n) is 11.6. The maximum absolute atomic E-state index is 9.76. The van der Waals surface area contributed by atoms with Crippen molar-refractivity contribution in [2.75, 3.05) is 0 Å². The Balaban J connectivity index is 2.00. The summed E-state index contributed by atoms with van der Waals surface area (Å²) in [7, 11) is 0. The van der Waals surface area contributed by atoms with Gasteiger partial charge >= 0.3 is 0 Å². The first-order valence-electron chi connectivity index (χ1n) is 7.21. The highest BCUT2D eigenvalue weighted by Gasteiger charge is 2.48. The lowest BCUT2D eigenvalue weighted by Crippen LogP contribution is -2.10. The van der Waals surface area contributed by atoms with Crippen LogP contribution in [0.5, 0.6) is 0 Å². The molecule has 0 unspecified atom stereocenters. The standard InChI is InChI=1S/C18H16ClNO/c19-13-6-7-15-14(10-13)17(16(11-21)20-15)18(8-9-18)12-4-2-1-3-5-12/h1-7,10,20-21H,8-9,11H2. The average molecular weight is 298 g/mol. The molecule has 2 nitrogen and oxygen atoms in total. The number of halogens is 1. The summed E-state index contributed by atoms with van der Waals surface area (Å²) in [6, 6.07) is 16.4. The number of benzene rings is 2. The minimum Gasteiger partial charge on any atom is -0.390 e. The van der Waals surface area contributed by atoms with Crippen LogP contribution in [0.3, 0.4) is 0 Å². The van der Waals surface area contributed by atoms with Crippen LogP contribution in [0.2, 0.25) is 5.02 Å². The van der Waals surface area contributed by atoms with Gasteiger partial charge in [0.25, 0.3) is 0 Å². The number of fused-ring (bicyclic) bond motifs is 1. The first kappa shape index (κ1) is 12.9. The van der Waals surface area contributed by atoms with Crippen LogP contribution < -0.4 is 0 Å². The minimum atomic E-state index is 0.0240. The van der Waals surface area contributed by atoms with Crippen LogP contribution >= 0.6 is 11.6 Å². The number of aromatic amines is 1. The SMILES string of the molecule is OCc1[nH]c2ccc(Cl)cc2c1C1(c2ccccc2)CC1. The van der Waals surface area contributed by atoms with Crippen molar-refractivity contribution < 1.29 is 5.11 Å². The topological polar surface area (TPSA) is 36.0 Å². The highest BCUT2D eigenvalue weighted by atomic mass is 35.5. The van der Waals surface area contributed by atoms with Gasteiger partial charge in [-0.05, 0) is 42.2 Å². The van der Waals surface area contributed by atoms with Gasteiger partial charge in [-0.15, -0.1) is 0 Å². The largest absolute Gasteiger partial charge is 0.390 e. The van der Waals surface area contributed by atoms with E-state index >= 15 is 0 Å². The molecular formula is C18H16ClNO. The number of aromatic nitrogens is 1. The molecule has 1 fully saturated rings. The van der Waals surface area contributed by atoms with E-state index < -0.39 is 0 Å². The van der Waals surface area contributed by atoms with Crippen molar-refractivity contribution in [2.24, 2.45) is 0 Å². The van der Waals surface area contributed by atoms with Gasteiger partial charge in [0.2, 0.25) is 0 Å². The van der Waals surface area contributed by atoms with E-state index in [1.165, 1.54) is 11.1 Å². The number of hydrogen-bond acceptors (Lipinski definition) is 1. The fourth-order valence-corrected chi connectivity index (χ4v) is 3.62. The van der Waals surface area contributed by atoms with Crippen molar-refractivity contribution in [3.05, 3.63) is 70.4 Å². The summed E-state index contributed by atoms with van der Waals surface area (Å²) in [6.07, 6.45) is 2.23. The summed E-state index contributed by atoms with van der Waals surface area (Å²) in [5.41, 5.74) is 4.52. The molecule has 0 amide bonds. The van der Waals surface area contributed by atoms with Gasteiger partial charge in [-0.25, -0.2) is 0 Å². The Morgan fingerprint density at radius 1 is 1.10 bits per heavy atom. The van der Waals surface area contributed by atoms with Gasteiger partial charge < -0.3 is 10.1 Å². The molecule has 3 aromatic rings. The molecule has 1 heterocycles. The summed E-state index contributed by atoms with van der Waals surface area (Å²) in [6.45, 7) is 0.0240. The molecule has 4 rings (SSSR count). The highest BCUT2D eigenvalue weighted by Crippen LogP contribution is 2.56. The van der Waals surface area contributed by atoms with Gasteiger partial charge in [-0.2, -0.15) is 0 Å². The summed E-state index contributed by atoms with van der Waals surface area (Å²) in [5, 5.41) is 11.6. The molecular weight excluding hydrogens is 282 g/mol. The number of hydrogen-bond donors (Lipinski definition) is 2. The molecule has 0 saturated heterocycles. The predicted octanol–water partition coefficient (Wildman–Crippen LogP) is 4.39.